The van der Waals surface area contributed by atoms with Gasteiger partial charge < -0.3 is 4.90 Å². The summed E-state index contributed by atoms with van der Waals surface area (Å²) in [5.41, 5.74) is 4.59. The van der Waals surface area contributed by atoms with E-state index >= 15 is 0 Å². The van der Waals surface area contributed by atoms with Crippen molar-refractivity contribution in [1.82, 2.24) is 20.2 Å². The highest BCUT2D eigenvalue weighted by atomic mass is 32.1. The molecule has 1 aromatic heterocycles. The van der Waals surface area contributed by atoms with Gasteiger partial charge in [-0.25, -0.2) is 0 Å². The number of pyridine rings is 1. The lowest BCUT2D eigenvalue weighted by atomic mass is 10.3. The van der Waals surface area contributed by atoms with E-state index in [4.69, 9.17) is 18.6 Å². The maximum atomic E-state index is 5.37. The van der Waals surface area contributed by atoms with Crippen molar-refractivity contribution in [1.29, 1.82) is 0 Å². The first-order chi connectivity index (χ1) is 10.2. The number of hydrogen-bond donors (Lipinski definition) is 1. The van der Waals surface area contributed by atoms with Crippen molar-refractivity contribution >= 4 is 23.0 Å². The average molecular weight is 301 g/mol. The largest absolute Gasteiger partial charge is 0.345 e. The zero-order chi connectivity index (χ0) is 15.1. The number of nitrogens with one attached hydrogen (secondary N) is 1. The molecule has 1 saturated heterocycles. The van der Waals surface area contributed by atoms with Crippen LogP contribution >= 0.6 is 12.2 Å². The first-order valence-corrected chi connectivity index (χ1v) is 7.28. The molecular weight excluding hydrogens is 282 g/mol. The van der Waals surface area contributed by atoms with E-state index in [1.165, 1.54) is 0 Å². The van der Waals surface area contributed by atoms with Crippen molar-refractivity contribution in [3.05, 3.63) is 30.1 Å². The number of hydrazone groups is 1. The van der Waals surface area contributed by atoms with Gasteiger partial charge in [0.25, 0.3) is 0 Å². The van der Waals surface area contributed by atoms with Crippen LogP contribution in [0.3, 0.4) is 0 Å². The van der Waals surface area contributed by atoms with E-state index in [2.05, 4.69) is 31.2 Å². The van der Waals surface area contributed by atoms with E-state index in [0.717, 1.165) is 37.6 Å². The Balaban J connectivity index is 1.84. The second-order valence-electron chi connectivity index (χ2n) is 4.80. The minimum Gasteiger partial charge on any atom is -0.345 e. The highest BCUT2D eigenvalue weighted by Crippen LogP contribution is 2.02. The summed E-state index contributed by atoms with van der Waals surface area (Å²) in [6, 6.07) is 5.73. The fourth-order valence-corrected chi connectivity index (χ4v) is 2.30. The average Bonchev–Trinajstić information content (AvgIpc) is 2.54. The van der Waals surface area contributed by atoms with Crippen molar-refractivity contribution in [2.45, 2.75) is 6.92 Å². The Morgan fingerprint density at radius 2 is 2.19 bits per heavy atom. The molecule has 0 atom stereocenters. The molecule has 0 bridgehead atoms. The van der Waals surface area contributed by atoms with Crippen LogP contribution < -0.4 is 5.43 Å². The standard InChI is InChI=1S/C15H19N5S/c1-3-8-19-9-11-20(12-10-19)15(21)18-17-13(2)14-6-4-5-7-16-14/h1,4-7H,8-12H2,2H3,(H,18,21)/b17-13+. The summed E-state index contributed by atoms with van der Waals surface area (Å²) in [4.78, 5) is 8.59. The Hall–Kier alpha value is -1.97. The third-order valence-electron chi connectivity index (χ3n) is 3.33. The van der Waals surface area contributed by atoms with Crippen LogP contribution in [0.15, 0.2) is 29.5 Å². The SMILES string of the molecule is C#CCN1CCN(C(=S)N/N=C(\C)c2ccccn2)CC1. The normalized spacial score (nSPS) is 16.4. The van der Waals surface area contributed by atoms with Gasteiger partial charge in [0.1, 0.15) is 0 Å². The molecule has 0 saturated carbocycles. The molecule has 1 aliphatic rings. The van der Waals surface area contributed by atoms with Gasteiger partial charge >= 0.3 is 0 Å². The van der Waals surface area contributed by atoms with Crippen LogP contribution in [0, 0.1) is 12.3 Å². The molecule has 1 fully saturated rings. The fourth-order valence-electron chi connectivity index (χ4n) is 2.07. The predicted molar refractivity (Wildman–Crippen MR) is 89.0 cm³/mol. The monoisotopic (exact) mass is 301 g/mol. The summed E-state index contributed by atoms with van der Waals surface area (Å²) in [6.07, 6.45) is 7.07. The summed E-state index contributed by atoms with van der Waals surface area (Å²) in [7, 11) is 0. The van der Waals surface area contributed by atoms with Crippen molar-refractivity contribution < 1.29 is 0 Å². The Morgan fingerprint density at radius 3 is 2.81 bits per heavy atom. The fraction of sp³-hybridized carbons (Fsp3) is 0.400. The summed E-state index contributed by atoms with van der Waals surface area (Å²) < 4.78 is 0. The van der Waals surface area contributed by atoms with E-state index in [9.17, 15) is 0 Å². The van der Waals surface area contributed by atoms with Gasteiger partial charge in [-0.1, -0.05) is 12.0 Å². The molecule has 0 amide bonds. The van der Waals surface area contributed by atoms with Crippen molar-refractivity contribution in [3.8, 4) is 12.3 Å². The van der Waals surface area contributed by atoms with Gasteiger partial charge in [-0.2, -0.15) is 5.10 Å². The van der Waals surface area contributed by atoms with Gasteiger partial charge in [0.05, 0.1) is 18.0 Å². The third kappa shape index (κ3) is 4.52. The number of terminal acetylenes is 1. The van der Waals surface area contributed by atoms with Crippen LogP contribution in [0.5, 0.6) is 0 Å². The van der Waals surface area contributed by atoms with Crippen LogP contribution in [0.2, 0.25) is 0 Å². The molecule has 1 aliphatic heterocycles. The van der Waals surface area contributed by atoms with Crippen molar-refractivity contribution in [3.63, 3.8) is 0 Å². The molecule has 1 aromatic rings. The summed E-state index contributed by atoms with van der Waals surface area (Å²) >= 11 is 5.37. The molecule has 0 spiro atoms. The van der Waals surface area contributed by atoms with Gasteiger partial charge in [0, 0.05) is 32.4 Å². The lowest BCUT2D eigenvalue weighted by molar-refractivity contribution is 0.199. The van der Waals surface area contributed by atoms with Crippen molar-refractivity contribution in [2.24, 2.45) is 5.10 Å². The topological polar surface area (TPSA) is 43.8 Å². The molecule has 5 nitrogen and oxygen atoms in total. The van der Waals surface area contributed by atoms with E-state index < -0.39 is 0 Å². The Labute approximate surface area is 131 Å². The highest BCUT2D eigenvalue weighted by molar-refractivity contribution is 7.80. The van der Waals surface area contributed by atoms with Crippen LogP contribution in [-0.4, -0.2) is 58.3 Å². The maximum Gasteiger partial charge on any atom is 0.189 e. The summed E-state index contributed by atoms with van der Waals surface area (Å²) in [5, 5.41) is 4.94. The Morgan fingerprint density at radius 1 is 1.43 bits per heavy atom. The number of thiocarbonyl (C=S) groups is 1. The van der Waals surface area contributed by atoms with E-state index in [1.807, 2.05) is 25.1 Å². The minimum atomic E-state index is 0.644. The maximum absolute atomic E-state index is 5.37. The zero-order valence-corrected chi connectivity index (χ0v) is 12.9. The Bertz CT molecular complexity index is 541. The molecule has 0 aromatic carbocycles. The predicted octanol–water partition coefficient (Wildman–Crippen LogP) is 0.931. The van der Waals surface area contributed by atoms with Gasteiger partial charge in [-0.05, 0) is 31.3 Å². The number of hydrogen-bond acceptors (Lipinski definition) is 4. The molecule has 1 N–H and O–H groups in total. The molecule has 21 heavy (non-hydrogen) atoms. The van der Waals surface area contributed by atoms with E-state index in [1.54, 1.807) is 6.20 Å². The van der Waals surface area contributed by atoms with E-state index in [-0.39, 0.29) is 0 Å². The molecule has 2 heterocycles. The lowest BCUT2D eigenvalue weighted by Crippen LogP contribution is -2.50. The number of piperazine rings is 1. The molecule has 6 heteroatoms. The zero-order valence-electron chi connectivity index (χ0n) is 12.1. The van der Waals surface area contributed by atoms with Crippen LogP contribution in [-0.2, 0) is 0 Å². The molecule has 0 radical (unpaired) electrons. The molecule has 0 unspecified atom stereocenters. The van der Waals surface area contributed by atoms with E-state index in [0.29, 0.717) is 11.7 Å². The van der Waals surface area contributed by atoms with Gasteiger partial charge in [0.2, 0.25) is 0 Å². The molecule has 0 aliphatic carbocycles. The van der Waals surface area contributed by atoms with Crippen LogP contribution in [0.1, 0.15) is 12.6 Å². The second kappa shape index (κ2) is 7.72. The summed E-state index contributed by atoms with van der Waals surface area (Å²) in [5.74, 6) is 2.67. The quantitative estimate of drug-likeness (QED) is 0.389. The minimum absolute atomic E-state index is 0.644. The van der Waals surface area contributed by atoms with Gasteiger partial charge in [0.15, 0.2) is 5.11 Å². The second-order valence-corrected chi connectivity index (χ2v) is 5.18. The molecular formula is C15H19N5S. The smallest absolute Gasteiger partial charge is 0.189 e. The van der Waals surface area contributed by atoms with Crippen LogP contribution in [0.4, 0.5) is 0 Å². The Kier molecular flexibility index (Phi) is 5.67. The molecule has 110 valence electrons. The number of aromatic nitrogens is 1. The molecule has 2 rings (SSSR count). The van der Waals surface area contributed by atoms with Gasteiger partial charge in [-0.15, -0.1) is 6.42 Å². The van der Waals surface area contributed by atoms with Gasteiger partial charge in [-0.3, -0.25) is 15.3 Å². The first-order valence-electron chi connectivity index (χ1n) is 6.87. The summed E-state index contributed by atoms with van der Waals surface area (Å²) in [6.45, 7) is 6.19. The number of rotatable bonds is 3. The number of nitrogens with zero attached hydrogens (tertiary/aromatic N) is 4. The van der Waals surface area contributed by atoms with Crippen LogP contribution in [0.25, 0.3) is 0 Å². The highest BCUT2D eigenvalue weighted by Gasteiger charge is 2.17. The third-order valence-corrected chi connectivity index (χ3v) is 3.68. The lowest BCUT2D eigenvalue weighted by Gasteiger charge is -2.34. The van der Waals surface area contributed by atoms with Crippen molar-refractivity contribution in [2.75, 3.05) is 32.7 Å². The first kappa shape index (κ1) is 15.4.